The lowest BCUT2D eigenvalue weighted by molar-refractivity contribution is 0.1000. The first-order chi connectivity index (χ1) is 12.0. The highest BCUT2D eigenvalue weighted by Gasteiger charge is 2.23. The van der Waals surface area contributed by atoms with E-state index in [4.69, 9.17) is 17.3 Å². The number of halogens is 1. The van der Waals surface area contributed by atoms with Gasteiger partial charge in [-0.2, -0.15) is 0 Å². The van der Waals surface area contributed by atoms with Crippen LogP contribution in [-0.4, -0.2) is 10.5 Å². The second kappa shape index (κ2) is 7.46. The fourth-order valence-electron chi connectivity index (χ4n) is 3.37. The van der Waals surface area contributed by atoms with Gasteiger partial charge in [-0.25, -0.2) is 0 Å². The molecule has 0 saturated carbocycles. The molecule has 3 rings (SSSR count). The first-order valence-corrected chi connectivity index (χ1v) is 9.58. The number of aromatic nitrogens is 1. The minimum absolute atomic E-state index is 0.382. The fraction of sp³-hybridized carbons (Fsp3) is 0.250. The van der Waals surface area contributed by atoms with Crippen molar-refractivity contribution < 1.29 is 4.79 Å². The predicted octanol–water partition coefficient (Wildman–Crippen LogP) is 5.08. The van der Waals surface area contributed by atoms with E-state index >= 15 is 0 Å². The number of hydrogen-bond acceptors (Lipinski definition) is 2. The van der Waals surface area contributed by atoms with Crippen molar-refractivity contribution in [1.29, 1.82) is 0 Å². The maximum atomic E-state index is 12.2. The molecule has 2 aromatic heterocycles. The molecule has 0 aliphatic heterocycles. The lowest BCUT2D eigenvalue weighted by atomic mass is 9.99. The number of benzene rings is 1. The third kappa shape index (κ3) is 3.51. The zero-order valence-corrected chi connectivity index (χ0v) is 16.0. The molecule has 0 aliphatic carbocycles. The summed E-state index contributed by atoms with van der Waals surface area (Å²) in [7, 11) is 0. The maximum Gasteiger partial charge on any atom is 0.251 e. The average molecular weight is 373 g/mol. The minimum atomic E-state index is -0.382. The van der Waals surface area contributed by atoms with Crippen LogP contribution in [0.25, 0.3) is 11.1 Å². The van der Waals surface area contributed by atoms with E-state index < -0.39 is 0 Å². The molecule has 2 heterocycles. The van der Waals surface area contributed by atoms with Gasteiger partial charge in [0.05, 0.1) is 5.56 Å². The van der Waals surface area contributed by atoms with Gasteiger partial charge >= 0.3 is 0 Å². The summed E-state index contributed by atoms with van der Waals surface area (Å²) in [5.74, 6) is -0.382. The van der Waals surface area contributed by atoms with Crippen LogP contribution in [0.1, 0.15) is 33.5 Å². The zero-order valence-electron chi connectivity index (χ0n) is 14.4. The van der Waals surface area contributed by atoms with Crippen molar-refractivity contribution in [2.75, 3.05) is 0 Å². The van der Waals surface area contributed by atoms with Crippen molar-refractivity contribution in [3.8, 4) is 11.1 Å². The van der Waals surface area contributed by atoms with Gasteiger partial charge in [0.2, 0.25) is 0 Å². The van der Waals surface area contributed by atoms with Crippen LogP contribution >= 0.6 is 22.9 Å². The molecule has 3 nitrogen and oxygen atoms in total. The topological polar surface area (TPSA) is 48.0 Å². The smallest absolute Gasteiger partial charge is 0.251 e. The van der Waals surface area contributed by atoms with Crippen molar-refractivity contribution >= 4 is 28.8 Å². The third-order valence-electron chi connectivity index (χ3n) is 4.51. The number of hydrogen-bond donors (Lipinski definition) is 1. The van der Waals surface area contributed by atoms with Crippen LogP contribution in [0.3, 0.4) is 0 Å². The number of rotatable bonds is 6. The molecule has 0 saturated heterocycles. The first kappa shape index (κ1) is 17.8. The van der Waals surface area contributed by atoms with Gasteiger partial charge in [0.1, 0.15) is 0 Å². The van der Waals surface area contributed by atoms with E-state index in [1.165, 1.54) is 4.88 Å². The maximum absolute atomic E-state index is 12.2. The Morgan fingerprint density at radius 2 is 1.96 bits per heavy atom. The third-order valence-corrected chi connectivity index (χ3v) is 5.70. The Morgan fingerprint density at radius 3 is 2.52 bits per heavy atom. The van der Waals surface area contributed by atoms with Crippen LogP contribution in [0.5, 0.6) is 0 Å². The number of aryl methyl sites for hydroxylation is 1. The zero-order chi connectivity index (χ0) is 18.0. The minimum Gasteiger partial charge on any atom is -0.366 e. The highest BCUT2D eigenvalue weighted by Crippen LogP contribution is 2.34. The molecule has 0 fully saturated rings. The Balaban J connectivity index is 2.10. The van der Waals surface area contributed by atoms with Crippen LogP contribution in [0.2, 0.25) is 5.02 Å². The van der Waals surface area contributed by atoms with Gasteiger partial charge in [0, 0.05) is 33.4 Å². The summed E-state index contributed by atoms with van der Waals surface area (Å²) in [6, 6.07) is 11.8. The highest BCUT2D eigenvalue weighted by molar-refractivity contribution is 7.09. The lowest BCUT2D eigenvalue weighted by Gasteiger charge is -2.11. The number of primary amides is 1. The summed E-state index contributed by atoms with van der Waals surface area (Å²) in [4.78, 5) is 13.5. The fourth-order valence-corrected chi connectivity index (χ4v) is 4.20. The molecule has 0 spiro atoms. The summed E-state index contributed by atoms with van der Waals surface area (Å²) in [6.45, 7) is 4.93. The molecule has 2 N–H and O–H groups in total. The molecular weight excluding hydrogens is 352 g/mol. The van der Waals surface area contributed by atoms with E-state index in [-0.39, 0.29) is 5.91 Å². The average Bonchev–Trinajstić information content (AvgIpc) is 3.19. The van der Waals surface area contributed by atoms with Gasteiger partial charge in [-0.3, -0.25) is 4.79 Å². The Bertz CT molecular complexity index is 880. The lowest BCUT2D eigenvalue weighted by Crippen LogP contribution is -2.13. The van der Waals surface area contributed by atoms with Crippen molar-refractivity contribution in [2.45, 2.75) is 33.2 Å². The van der Waals surface area contributed by atoms with Crippen molar-refractivity contribution in [2.24, 2.45) is 5.73 Å². The molecule has 1 amide bonds. The van der Waals surface area contributed by atoms with E-state index in [0.29, 0.717) is 10.6 Å². The summed E-state index contributed by atoms with van der Waals surface area (Å²) in [5, 5.41) is 2.77. The molecule has 0 radical (unpaired) electrons. The van der Waals surface area contributed by atoms with Gasteiger partial charge < -0.3 is 10.3 Å². The van der Waals surface area contributed by atoms with Gasteiger partial charge in [-0.15, -0.1) is 11.3 Å². The van der Waals surface area contributed by atoms with Crippen LogP contribution in [-0.2, 0) is 19.4 Å². The SMILES string of the molecule is CCc1c(-c2ccc(Cl)cc2)c(C(N)=O)c(C)n1CCc1cccs1. The monoisotopic (exact) mass is 372 g/mol. The number of nitrogens with zero attached hydrogens (tertiary/aromatic N) is 1. The standard InChI is InChI=1S/C20H21ClN2OS/c1-3-17-19(14-6-8-15(21)9-7-14)18(20(22)24)13(2)23(17)11-10-16-5-4-12-25-16/h4-9,12H,3,10-11H2,1-2H3,(H2,22,24). The number of thiophene rings is 1. The van der Waals surface area contributed by atoms with E-state index in [9.17, 15) is 4.79 Å². The van der Waals surface area contributed by atoms with E-state index in [1.807, 2.05) is 31.2 Å². The molecule has 3 aromatic rings. The second-order valence-corrected chi connectivity index (χ2v) is 7.46. The molecule has 0 bridgehead atoms. The molecule has 1 aromatic carbocycles. The van der Waals surface area contributed by atoms with E-state index in [1.54, 1.807) is 11.3 Å². The highest BCUT2D eigenvalue weighted by atomic mass is 35.5. The summed E-state index contributed by atoms with van der Waals surface area (Å²) in [6.07, 6.45) is 1.77. The normalized spacial score (nSPS) is 11.0. The molecule has 0 atom stereocenters. The van der Waals surface area contributed by atoms with Crippen LogP contribution in [0, 0.1) is 6.92 Å². The van der Waals surface area contributed by atoms with Gasteiger partial charge in [0.25, 0.3) is 5.91 Å². The van der Waals surface area contributed by atoms with Gasteiger partial charge in [0.15, 0.2) is 0 Å². The number of carbonyl (C=O) groups is 1. The van der Waals surface area contributed by atoms with Crippen molar-refractivity contribution in [3.05, 3.63) is 68.6 Å². The molecule has 0 aliphatic rings. The van der Waals surface area contributed by atoms with Crippen molar-refractivity contribution in [3.63, 3.8) is 0 Å². The molecule has 0 unspecified atom stereocenters. The predicted molar refractivity (Wildman–Crippen MR) is 106 cm³/mol. The molecule has 130 valence electrons. The quantitative estimate of drug-likeness (QED) is 0.644. The Morgan fingerprint density at radius 1 is 1.24 bits per heavy atom. The summed E-state index contributed by atoms with van der Waals surface area (Å²) in [5.41, 5.74) is 10.3. The Kier molecular flexibility index (Phi) is 5.30. The molecule has 25 heavy (non-hydrogen) atoms. The summed E-state index contributed by atoms with van der Waals surface area (Å²) < 4.78 is 2.24. The number of nitrogens with two attached hydrogens (primary N) is 1. The van der Waals surface area contributed by atoms with E-state index in [0.717, 1.165) is 41.9 Å². The second-order valence-electron chi connectivity index (χ2n) is 5.99. The van der Waals surface area contributed by atoms with E-state index in [2.05, 4.69) is 29.0 Å². The van der Waals surface area contributed by atoms with Crippen LogP contribution in [0.15, 0.2) is 41.8 Å². The Labute approximate surface area is 157 Å². The van der Waals surface area contributed by atoms with Crippen LogP contribution in [0.4, 0.5) is 0 Å². The van der Waals surface area contributed by atoms with Crippen molar-refractivity contribution in [1.82, 2.24) is 4.57 Å². The number of amides is 1. The molecule has 5 heteroatoms. The van der Waals surface area contributed by atoms with Gasteiger partial charge in [-0.05, 0) is 48.9 Å². The largest absolute Gasteiger partial charge is 0.366 e. The summed E-state index contributed by atoms with van der Waals surface area (Å²) >= 11 is 7.78. The number of carbonyl (C=O) groups excluding carboxylic acids is 1. The molecular formula is C20H21ClN2OS. The van der Waals surface area contributed by atoms with Crippen LogP contribution < -0.4 is 5.73 Å². The first-order valence-electron chi connectivity index (χ1n) is 8.33. The Hall–Kier alpha value is -2.04. The van der Waals surface area contributed by atoms with Gasteiger partial charge in [-0.1, -0.05) is 36.7 Å².